The largest absolute Gasteiger partial charge is 0.393 e. The first kappa shape index (κ1) is 12.5. The Bertz CT molecular complexity index is 643. The lowest BCUT2D eigenvalue weighted by molar-refractivity contribution is -0.383. The fraction of sp³-hybridized carbons (Fsp3) is 0.200. The van der Waals surface area contributed by atoms with Gasteiger partial charge in [0.25, 0.3) is 0 Å². The molecular formula is C15H15N3O2. The normalized spacial score (nSPS) is 20.4. The molecule has 0 aliphatic heterocycles. The van der Waals surface area contributed by atoms with Gasteiger partial charge in [-0.3, -0.25) is 10.1 Å². The summed E-state index contributed by atoms with van der Waals surface area (Å²) < 4.78 is 0. The minimum Gasteiger partial charge on any atom is -0.393 e. The van der Waals surface area contributed by atoms with Gasteiger partial charge in [-0.2, -0.15) is 0 Å². The first-order chi connectivity index (χ1) is 9.66. The first-order valence-electron chi connectivity index (χ1n) is 6.51. The van der Waals surface area contributed by atoms with Crippen LogP contribution in [0.1, 0.15) is 17.9 Å². The zero-order chi connectivity index (χ0) is 14.1. The number of nitrogens with one attached hydrogen (secondary N) is 1. The van der Waals surface area contributed by atoms with E-state index in [1.165, 1.54) is 5.56 Å². The van der Waals surface area contributed by atoms with Gasteiger partial charge in [0.2, 0.25) is 0 Å². The highest BCUT2D eigenvalue weighted by Crippen LogP contribution is 2.44. The molecule has 1 aliphatic carbocycles. The maximum absolute atomic E-state index is 11.1. The second kappa shape index (κ2) is 4.85. The van der Waals surface area contributed by atoms with Gasteiger partial charge in [-0.1, -0.05) is 36.4 Å². The Hall–Kier alpha value is -2.56. The summed E-state index contributed by atoms with van der Waals surface area (Å²) in [5.74, 6) is 0.414. The van der Waals surface area contributed by atoms with Crippen LogP contribution in [0.4, 0.5) is 17.1 Å². The molecule has 20 heavy (non-hydrogen) atoms. The molecule has 0 heterocycles. The van der Waals surface area contributed by atoms with Crippen molar-refractivity contribution in [2.75, 3.05) is 11.1 Å². The molecule has 2 aromatic carbocycles. The highest BCUT2D eigenvalue weighted by atomic mass is 16.6. The van der Waals surface area contributed by atoms with Gasteiger partial charge < -0.3 is 11.1 Å². The van der Waals surface area contributed by atoms with Crippen LogP contribution in [0.25, 0.3) is 0 Å². The second-order valence-electron chi connectivity index (χ2n) is 5.00. The average Bonchev–Trinajstić information content (AvgIpc) is 3.18. The number of nitro benzene ring substituents is 1. The molecule has 2 atom stereocenters. The van der Waals surface area contributed by atoms with Gasteiger partial charge in [0, 0.05) is 12.0 Å². The third-order valence-corrected chi connectivity index (χ3v) is 3.61. The number of nitrogens with two attached hydrogens (primary N) is 1. The van der Waals surface area contributed by atoms with Gasteiger partial charge >= 0.3 is 5.69 Å². The van der Waals surface area contributed by atoms with Crippen LogP contribution in [0.15, 0.2) is 48.5 Å². The standard InChI is InChI=1S/C15H15N3O2/c16-12-7-4-8-13(15(12)18(19)20)17-14-9-11(14)10-5-2-1-3-6-10/h1-8,11,14,17H,9,16H2. The van der Waals surface area contributed by atoms with Gasteiger partial charge in [-0.25, -0.2) is 0 Å². The van der Waals surface area contributed by atoms with E-state index in [4.69, 9.17) is 5.73 Å². The number of para-hydroxylation sites is 1. The van der Waals surface area contributed by atoms with Gasteiger partial charge in [0.05, 0.1) is 4.92 Å². The van der Waals surface area contributed by atoms with Crippen molar-refractivity contribution in [1.29, 1.82) is 0 Å². The SMILES string of the molecule is Nc1cccc(NC2CC2c2ccccc2)c1[N+](=O)[O-]. The molecule has 0 saturated heterocycles. The van der Waals surface area contributed by atoms with Crippen molar-refractivity contribution < 1.29 is 4.92 Å². The molecule has 102 valence electrons. The average molecular weight is 269 g/mol. The van der Waals surface area contributed by atoms with Crippen molar-refractivity contribution >= 4 is 17.1 Å². The van der Waals surface area contributed by atoms with Crippen molar-refractivity contribution in [3.63, 3.8) is 0 Å². The van der Waals surface area contributed by atoms with Crippen molar-refractivity contribution in [2.24, 2.45) is 0 Å². The molecule has 5 nitrogen and oxygen atoms in total. The number of hydrogen-bond acceptors (Lipinski definition) is 4. The lowest BCUT2D eigenvalue weighted by Crippen LogP contribution is -2.08. The summed E-state index contributed by atoms with van der Waals surface area (Å²) in [6.45, 7) is 0. The molecule has 0 radical (unpaired) electrons. The molecular weight excluding hydrogens is 254 g/mol. The lowest BCUT2D eigenvalue weighted by atomic mass is 10.1. The third-order valence-electron chi connectivity index (χ3n) is 3.61. The Kier molecular flexibility index (Phi) is 3.02. The molecule has 1 aliphatic rings. The molecule has 2 aromatic rings. The van der Waals surface area contributed by atoms with E-state index in [0.29, 0.717) is 11.6 Å². The fourth-order valence-electron chi connectivity index (χ4n) is 2.50. The van der Waals surface area contributed by atoms with E-state index in [-0.39, 0.29) is 17.4 Å². The molecule has 0 spiro atoms. The van der Waals surface area contributed by atoms with Crippen molar-refractivity contribution in [3.8, 4) is 0 Å². The summed E-state index contributed by atoms with van der Waals surface area (Å²) in [6, 6.07) is 15.4. The van der Waals surface area contributed by atoms with Crippen LogP contribution in [0, 0.1) is 10.1 Å². The van der Waals surface area contributed by atoms with Gasteiger partial charge in [-0.15, -0.1) is 0 Å². The van der Waals surface area contributed by atoms with Crippen LogP contribution in [0.3, 0.4) is 0 Å². The van der Waals surface area contributed by atoms with Gasteiger partial charge in [0.15, 0.2) is 0 Å². The van der Waals surface area contributed by atoms with E-state index in [1.54, 1.807) is 18.2 Å². The van der Waals surface area contributed by atoms with Crippen LogP contribution in [0.2, 0.25) is 0 Å². The van der Waals surface area contributed by atoms with E-state index in [9.17, 15) is 10.1 Å². The Morgan fingerprint density at radius 1 is 1.15 bits per heavy atom. The minimum atomic E-state index is -0.433. The summed E-state index contributed by atoms with van der Waals surface area (Å²) >= 11 is 0. The van der Waals surface area contributed by atoms with Crippen molar-refractivity contribution in [1.82, 2.24) is 0 Å². The maximum Gasteiger partial charge on any atom is 0.314 e. The number of benzene rings is 2. The smallest absolute Gasteiger partial charge is 0.314 e. The quantitative estimate of drug-likeness (QED) is 0.507. The number of nitro groups is 1. The summed E-state index contributed by atoms with van der Waals surface area (Å²) in [5.41, 5.74) is 7.60. The number of nitrogens with zero attached hydrogens (tertiary/aromatic N) is 1. The van der Waals surface area contributed by atoms with Crippen molar-refractivity contribution in [2.45, 2.75) is 18.4 Å². The molecule has 1 fully saturated rings. The molecule has 5 heteroatoms. The number of rotatable bonds is 4. The van der Waals surface area contributed by atoms with Crippen molar-refractivity contribution in [3.05, 3.63) is 64.2 Å². The topological polar surface area (TPSA) is 81.2 Å². The third kappa shape index (κ3) is 2.30. The lowest BCUT2D eigenvalue weighted by Gasteiger charge is -2.08. The van der Waals surface area contributed by atoms with Crippen LogP contribution in [0.5, 0.6) is 0 Å². The summed E-state index contributed by atoms with van der Waals surface area (Å²) in [6.07, 6.45) is 0.982. The molecule has 3 rings (SSSR count). The fourth-order valence-corrected chi connectivity index (χ4v) is 2.50. The molecule has 1 saturated carbocycles. The highest BCUT2D eigenvalue weighted by molar-refractivity contribution is 5.75. The number of anilines is 2. The molecule has 0 amide bonds. The molecule has 0 aromatic heterocycles. The van der Waals surface area contributed by atoms with E-state index < -0.39 is 4.92 Å². The molecule has 3 N–H and O–H groups in total. The van der Waals surface area contributed by atoms with Gasteiger partial charge in [0.1, 0.15) is 11.4 Å². The predicted octanol–water partition coefficient (Wildman–Crippen LogP) is 3.15. The van der Waals surface area contributed by atoms with E-state index in [0.717, 1.165) is 6.42 Å². The molecule has 2 unspecified atom stereocenters. The summed E-state index contributed by atoms with van der Waals surface area (Å²) in [4.78, 5) is 10.6. The zero-order valence-corrected chi connectivity index (χ0v) is 10.8. The second-order valence-corrected chi connectivity index (χ2v) is 5.00. The number of nitrogen functional groups attached to an aromatic ring is 1. The van der Waals surface area contributed by atoms with Crippen LogP contribution >= 0.6 is 0 Å². The van der Waals surface area contributed by atoms with Gasteiger partial charge in [-0.05, 0) is 24.1 Å². The van der Waals surface area contributed by atoms with E-state index in [1.807, 2.05) is 18.2 Å². The first-order valence-corrected chi connectivity index (χ1v) is 6.51. The maximum atomic E-state index is 11.1. The Morgan fingerprint density at radius 3 is 2.60 bits per heavy atom. The van der Waals surface area contributed by atoms with E-state index in [2.05, 4.69) is 17.4 Å². The Labute approximate surface area is 116 Å². The summed E-state index contributed by atoms with van der Waals surface area (Å²) in [5, 5.41) is 14.3. The van der Waals surface area contributed by atoms with E-state index >= 15 is 0 Å². The predicted molar refractivity (Wildman–Crippen MR) is 78.7 cm³/mol. The highest BCUT2D eigenvalue weighted by Gasteiger charge is 2.39. The van der Waals surface area contributed by atoms with Crippen LogP contribution < -0.4 is 11.1 Å². The minimum absolute atomic E-state index is 0.0359. The Balaban J connectivity index is 1.78. The summed E-state index contributed by atoms with van der Waals surface area (Å²) in [7, 11) is 0. The Morgan fingerprint density at radius 2 is 1.90 bits per heavy atom. The van der Waals surface area contributed by atoms with Crippen LogP contribution in [-0.4, -0.2) is 11.0 Å². The monoisotopic (exact) mass is 269 g/mol. The number of hydrogen-bond donors (Lipinski definition) is 2. The van der Waals surface area contributed by atoms with Crippen LogP contribution in [-0.2, 0) is 0 Å². The molecule has 0 bridgehead atoms. The zero-order valence-electron chi connectivity index (χ0n) is 10.8.